The van der Waals surface area contributed by atoms with E-state index in [9.17, 15) is 0 Å². The molecule has 39 valence electrons. The average molecular weight is 108 g/mol. The molecule has 1 N–H and O–H groups in total. The van der Waals surface area contributed by atoms with Crippen LogP contribution in [-0.4, -0.2) is 17.1 Å². The fourth-order valence-electron chi connectivity index (χ4n) is 0. The summed E-state index contributed by atoms with van der Waals surface area (Å²) in [6.45, 7) is 0. The molecule has 1 radical (unpaired) electrons. The lowest BCUT2D eigenvalue weighted by atomic mass is 11.6. The molecule has 0 heterocycles. The Morgan fingerprint density at radius 1 is 1.67 bits per heavy atom. The highest BCUT2D eigenvalue weighted by atomic mass is 32.3. The van der Waals surface area contributed by atoms with Crippen LogP contribution in [0.5, 0.6) is 0 Å². The van der Waals surface area contributed by atoms with E-state index >= 15 is 0 Å². The van der Waals surface area contributed by atoms with E-state index in [0.717, 1.165) is 0 Å². The van der Waals surface area contributed by atoms with E-state index in [1.54, 1.807) is 12.5 Å². The first kappa shape index (κ1) is 6.11. The fraction of sp³-hybridized carbons (Fsp3) is 0.667. The van der Waals surface area contributed by atoms with E-state index in [4.69, 9.17) is 4.55 Å². The van der Waals surface area contributed by atoms with Gasteiger partial charge in [-0.3, -0.25) is 4.36 Å². The summed E-state index contributed by atoms with van der Waals surface area (Å²) in [4.78, 5) is 0. The highest BCUT2D eigenvalue weighted by Gasteiger charge is 1.80. The van der Waals surface area contributed by atoms with Crippen LogP contribution >= 0.6 is 0 Å². The maximum atomic E-state index is 8.71. The SMILES string of the molecule is [CH2]N=[SH](C)(C)O. The molecule has 0 aliphatic rings. The fourth-order valence-corrected chi connectivity index (χ4v) is 0. The van der Waals surface area contributed by atoms with Crippen LogP contribution in [-0.2, 0) is 10.1 Å². The van der Waals surface area contributed by atoms with Crippen molar-refractivity contribution in [1.29, 1.82) is 0 Å². The van der Waals surface area contributed by atoms with Gasteiger partial charge in [0.1, 0.15) is 0 Å². The Bertz CT molecular complexity index is 74.5. The maximum Gasteiger partial charge on any atom is 0.0662 e. The third-order valence-corrected chi connectivity index (χ3v) is 1.04. The van der Waals surface area contributed by atoms with Crippen LogP contribution in [0.4, 0.5) is 0 Å². The van der Waals surface area contributed by atoms with E-state index in [-0.39, 0.29) is 0 Å². The van der Waals surface area contributed by atoms with Crippen molar-refractivity contribution in [2.24, 2.45) is 4.36 Å². The molecule has 0 aliphatic heterocycles. The van der Waals surface area contributed by atoms with Crippen molar-refractivity contribution in [3.8, 4) is 0 Å². The van der Waals surface area contributed by atoms with Crippen molar-refractivity contribution in [2.75, 3.05) is 12.5 Å². The van der Waals surface area contributed by atoms with Crippen molar-refractivity contribution >= 4 is 10.1 Å². The van der Waals surface area contributed by atoms with Crippen LogP contribution in [0.25, 0.3) is 0 Å². The smallest absolute Gasteiger partial charge is 0.0662 e. The number of rotatable bonds is 0. The van der Waals surface area contributed by atoms with Crippen molar-refractivity contribution in [3.05, 3.63) is 7.05 Å². The molecule has 0 aromatic heterocycles. The van der Waals surface area contributed by atoms with Gasteiger partial charge in [0.05, 0.1) is 7.05 Å². The Kier molecular flexibility index (Phi) is 1.74. The van der Waals surface area contributed by atoms with E-state index < -0.39 is 10.1 Å². The highest BCUT2D eigenvalue weighted by molar-refractivity contribution is 7.98. The topological polar surface area (TPSA) is 32.6 Å². The van der Waals surface area contributed by atoms with Gasteiger partial charge in [-0.05, 0) is 12.5 Å². The van der Waals surface area contributed by atoms with Gasteiger partial charge in [-0.1, -0.05) is 0 Å². The summed E-state index contributed by atoms with van der Waals surface area (Å²) in [6, 6.07) is 0. The third kappa shape index (κ3) is 4.11. The molecule has 0 saturated carbocycles. The minimum absolute atomic E-state index is 1.68. The van der Waals surface area contributed by atoms with Gasteiger partial charge in [-0.15, -0.1) is 10.1 Å². The molecule has 0 unspecified atom stereocenters. The summed E-state index contributed by atoms with van der Waals surface area (Å²) in [6.07, 6.45) is 3.36. The van der Waals surface area contributed by atoms with Gasteiger partial charge in [0, 0.05) is 0 Å². The van der Waals surface area contributed by atoms with Crippen LogP contribution in [0.3, 0.4) is 0 Å². The van der Waals surface area contributed by atoms with E-state index in [1.807, 2.05) is 0 Å². The van der Waals surface area contributed by atoms with Gasteiger partial charge in [0.25, 0.3) is 0 Å². The molecule has 0 saturated heterocycles. The predicted octanol–water partition coefficient (Wildman–Crippen LogP) is 0.580. The Morgan fingerprint density at radius 3 is 1.83 bits per heavy atom. The van der Waals surface area contributed by atoms with Crippen LogP contribution in [0.2, 0.25) is 0 Å². The predicted molar refractivity (Wildman–Crippen MR) is 31.0 cm³/mol. The molecular formula is C3H10NOS. The molecule has 3 heteroatoms. The third-order valence-electron chi connectivity index (χ3n) is 0.346. The molecule has 0 rings (SSSR count). The number of hydrogen-bond donors (Lipinski definition) is 2. The number of thiol groups is 1. The summed E-state index contributed by atoms with van der Waals surface area (Å²) in [7, 11) is 1.30. The quantitative estimate of drug-likeness (QED) is 0.437. The molecular weight excluding hydrogens is 98.1 g/mol. The number of hydrogen-bond acceptors (Lipinski definition) is 1. The molecule has 2 nitrogen and oxygen atoms in total. The average Bonchev–Trinajstić information content (AvgIpc) is 1.35. The molecule has 6 heavy (non-hydrogen) atoms. The molecule has 0 atom stereocenters. The molecule has 0 fully saturated rings. The first-order chi connectivity index (χ1) is 2.56. The first-order valence-corrected chi connectivity index (χ1v) is 4.20. The molecule has 0 bridgehead atoms. The minimum atomic E-state index is -1.88. The summed E-state index contributed by atoms with van der Waals surface area (Å²) >= 11 is 0. The minimum Gasteiger partial charge on any atom is -0.345 e. The largest absolute Gasteiger partial charge is 0.345 e. The summed E-state index contributed by atoms with van der Waals surface area (Å²) in [5, 5.41) is 0. The Labute approximate surface area is 39.5 Å². The lowest BCUT2D eigenvalue weighted by Gasteiger charge is -2.05. The molecule has 0 spiro atoms. The van der Waals surface area contributed by atoms with Crippen LogP contribution < -0.4 is 0 Å². The normalized spacial score (nSPS) is 14.0. The van der Waals surface area contributed by atoms with E-state index in [1.165, 1.54) is 0 Å². The molecule has 0 aromatic rings. The standard InChI is InChI=1S/C3H10NOS/c1-4-6(2,3)5/h6H,1H2,2-3H3,(H,4,5). The van der Waals surface area contributed by atoms with Gasteiger partial charge in [-0.2, -0.15) is 0 Å². The van der Waals surface area contributed by atoms with Crippen molar-refractivity contribution in [1.82, 2.24) is 0 Å². The van der Waals surface area contributed by atoms with Crippen LogP contribution in [0.1, 0.15) is 0 Å². The van der Waals surface area contributed by atoms with Gasteiger partial charge in [-0.25, -0.2) is 0 Å². The Balaban J connectivity index is 3.79. The molecule has 0 aromatic carbocycles. The number of nitrogens with zero attached hydrogens (tertiary/aromatic N) is 1. The summed E-state index contributed by atoms with van der Waals surface area (Å²) < 4.78 is 12.1. The molecule has 0 aliphatic carbocycles. The zero-order valence-electron chi connectivity index (χ0n) is 4.05. The molecule has 0 amide bonds. The lowest BCUT2D eigenvalue weighted by Crippen LogP contribution is -2.00. The second kappa shape index (κ2) is 1.71. The Hall–Kier alpha value is 0.110. The summed E-state index contributed by atoms with van der Waals surface area (Å²) in [5.74, 6) is 0. The highest BCUT2D eigenvalue weighted by Crippen LogP contribution is 1.87. The van der Waals surface area contributed by atoms with Gasteiger partial charge in [0.2, 0.25) is 0 Å². The van der Waals surface area contributed by atoms with Crippen molar-refractivity contribution in [2.45, 2.75) is 0 Å². The zero-order chi connectivity index (χ0) is 5.21. The van der Waals surface area contributed by atoms with Crippen molar-refractivity contribution < 1.29 is 4.55 Å². The van der Waals surface area contributed by atoms with Gasteiger partial charge < -0.3 is 4.55 Å². The zero-order valence-corrected chi connectivity index (χ0v) is 4.94. The Morgan fingerprint density at radius 2 is 1.83 bits per heavy atom. The monoisotopic (exact) mass is 108 g/mol. The van der Waals surface area contributed by atoms with Gasteiger partial charge >= 0.3 is 0 Å². The van der Waals surface area contributed by atoms with Crippen molar-refractivity contribution in [3.63, 3.8) is 0 Å². The van der Waals surface area contributed by atoms with Crippen LogP contribution in [0.15, 0.2) is 4.36 Å². The first-order valence-electron chi connectivity index (χ1n) is 1.61. The van der Waals surface area contributed by atoms with Crippen LogP contribution in [0, 0.1) is 7.05 Å². The maximum absolute atomic E-state index is 8.71. The summed E-state index contributed by atoms with van der Waals surface area (Å²) in [5.41, 5.74) is 0. The van der Waals surface area contributed by atoms with Gasteiger partial charge in [0.15, 0.2) is 0 Å². The van der Waals surface area contributed by atoms with E-state index in [0.29, 0.717) is 0 Å². The van der Waals surface area contributed by atoms with E-state index in [2.05, 4.69) is 11.4 Å². The second-order valence-corrected chi connectivity index (χ2v) is 4.43. The second-order valence-electron chi connectivity index (χ2n) is 1.48. The lowest BCUT2D eigenvalue weighted by molar-refractivity contribution is 0.640.